The summed E-state index contributed by atoms with van der Waals surface area (Å²) in [4.78, 5) is 12.3. The maximum absolute atomic E-state index is 5.91. The number of ether oxygens (including phenoxy) is 1. The summed E-state index contributed by atoms with van der Waals surface area (Å²) < 4.78 is 5.91. The maximum atomic E-state index is 5.91. The van der Waals surface area contributed by atoms with E-state index in [1.165, 1.54) is 10.4 Å². The first-order chi connectivity index (χ1) is 12.3. The molecule has 0 aliphatic carbocycles. The molecule has 1 fully saturated rings. The van der Waals surface area contributed by atoms with Gasteiger partial charge in [-0.15, -0.1) is 11.3 Å². The van der Waals surface area contributed by atoms with Gasteiger partial charge < -0.3 is 15.0 Å². The number of nitrogens with zero attached hydrogens (tertiary/aromatic N) is 3. The highest BCUT2D eigenvalue weighted by Crippen LogP contribution is 2.18. The summed E-state index contributed by atoms with van der Waals surface area (Å²) in [6.07, 6.45) is 1.15. The number of aliphatic imine (C=N–C) groups is 1. The molecule has 0 radical (unpaired) electrons. The van der Waals surface area contributed by atoms with Crippen molar-refractivity contribution in [1.82, 2.24) is 15.2 Å². The lowest BCUT2D eigenvalue weighted by Crippen LogP contribution is -2.39. The third kappa shape index (κ3) is 5.03. The fraction of sp³-hybridized carbons (Fsp3) is 0.474. The van der Waals surface area contributed by atoms with Crippen molar-refractivity contribution in [3.05, 3.63) is 52.0 Å². The lowest BCUT2D eigenvalue weighted by atomic mass is 10.1. The number of aromatic nitrogens is 1. The number of likely N-dealkylation sites (tertiary alicyclic amines) is 1. The van der Waals surface area contributed by atoms with Crippen molar-refractivity contribution < 1.29 is 4.74 Å². The number of hydrogen-bond acceptors (Lipinski definition) is 4. The molecule has 1 saturated heterocycles. The molecule has 1 N–H and O–H groups in total. The topological polar surface area (TPSA) is 49.8 Å². The Hall–Kier alpha value is -1.92. The van der Waals surface area contributed by atoms with Gasteiger partial charge in [-0.1, -0.05) is 30.3 Å². The third-order valence-corrected chi connectivity index (χ3v) is 5.45. The molecule has 1 atom stereocenters. The first-order valence-electron chi connectivity index (χ1n) is 8.72. The molecule has 134 valence electrons. The van der Waals surface area contributed by atoms with Gasteiger partial charge in [-0.25, -0.2) is 4.98 Å². The van der Waals surface area contributed by atoms with E-state index in [0.29, 0.717) is 12.5 Å². The van der Waals surface area contributed by atoms with Gasteiger partial charge in [0.05, 0.1) is 31.0 Å². The minimum absolute atomic E-state index is 0.562. The highest BCUT2D eigenvalue weighted by molar-refractivity contribution is 7.09. The van der Waals surface area contributed by atoms with E-state index in [4.69, 9.17) is 4.74 Å². The van der Waals surface area contributed by atoms with E-state index in [2.05, 4.69) is 44.5 Å². The molecule has 25 heavy (non-hydrogen) atoms. The van der Waals surface area contributed by atoms with E-state index in [0.717, 1.165) is 44.3 Å². The van der Waals surface area contributed by atoms with Crippen molar-refractivity contribution >= 4 is 17.3 Å². The molecular formula is C19H26N4OS. The second-order valence-corrected chi connectivity index (χ2v) is 7.30. The molecule has 5 nitrogen and oxygen atoms in total. The SMILES string of the molecule is CN=C(NCc1scnc1C)N1CCC(COCc2ccccc2)C1. The molecule has 2 heterocycles. The number of aryl methyl sites for hydroxylation is 1. The number of rotatable bonds is 6. The van der Waals surface area contributed by atoms with Crippen LogP contribution in [0, 0.1) is 12.8 Å². The number of benzene rings is 1. The van der Waals surface area contributed by atoms with E-state index in [1.54, 1.807) is 11.3 Å². The molecule has 2 aromatic rings. The summed E-state index contributed by atoms with van der Waals surface area (Å²) in [5.41, 5.74) is 4.22. The van der Waals surface area contributed by atoms with Crippen LogP contribution in [0.5, 0.6) is 0 Å². The van der Waals surface area contributed by atoms with E-state index < -0.39 is 0 Å². The Kier molecular flexibility index (Phi) is 6.42. The molecule has 0 saturated carbocycles. The van der Waals surface area contributed by atoms with Gasteiger partial charge in [0.1, 0.15) is 0 Å². The van der Waals surface area contributed by atoms with Crippen molar-refractivity contribution in [2.24, 2.45) is 10.9 Å². The van der Waals surface area contributed by atoms with E-state index >= 15 is 0 Å². The zero-order valence-electron chi connectivity index (χ0n) is 14.9. The van der Waals surface area contributed by atoms with Crippen LogP contribution in [0.1, 0.15) is 22.6 Å². The van der Waals surface area contributed by atoms with Gasteiger partial charge in [0.2, 0.25) is 0 Å². The second-order valence-electron chi connectivity index (χ2n) is 6.36. The maximum Gasteiger partial charge on any atom is 0.193 e. The van der Waals surface area contributed by atoms with Crippen molar-refractivity contribution in [3.8, 4) is 0 Å². The molecule has 1 unspecified atom stereocenters. The first kappa shape index (κ1) is 17.9. The minimum atomic E-state index is 0.562. The molecule has 1 aliphatic heterocycles. The minimum Gasteiger partial charge on any atom is -0.376 e. The Morgan fingerprint density at radius 3 is 2.96 bits per heavy atom. The standard InChI is InChI=1S/C19H26N4OS/c1-15-18(25-14-22-15)10-21-19(20-2)23-9-8-17(11-23)13-24-12-16-6-4-3-5-7-16/h3-7,14,17H,8-13H2,1-2H3,(H,20,21). The smallest absolute Gasteiger partial charge is 0.193 e. The van der Waals surface area contributed by atoms with Crippen molar-refractivity contribution in [1.29, 1.82) is 0 Å². The van der Waals surface area contributed by atoms with Crippen LogP contribution in [0.4, 0.5) is 0 Å². The van der Waals surface area contributed by atoms with E-state index in [9.17, 15) is 0 Å². The van der Waals surface area contributed by atoms with Crippen LogP contribution in [-0.4, -0.2) is 42.6 Å². The summed E-state index contributed by atoms with van der Waals surface area (Å²) in [6, 6.07) is 10.3. The highest BCUT2D eigenvalue weighted by Gasteiger charge is 2.25. The molecule has 3 rings (SSSR count). The fourth-order valence-electron chi connectivity index (χ4n) is 3.07. The predicted octanol–water partition coefficient (Wildman–Crippen LogP) is 3.07. The summed E-state index contributed by atoms with van der Waals surface area (Å²) in [5.74, 6) is 1.53. The van der Waals surface area contributed by atoms with Gasteiger partial charge in [-0.3, -0.25) is 4.99 Å². The molecule has 1 aliphatic rings. The average Bonchev–Trinajstić information content (AvgIpc) is 3.26. The average molecular weight is 359 g/mol. The van der Waals surface area contributed by atoms with Gasteiger partial charge in [0.15, 0.2) is 5.96 Å². The van der Waals surface area contributed by atoms with Crippen molar-refractivity contribution in [2.45, 2.75) is 26.5 Å². The van der Waals surface area contributed by atoms with Crippen LogP contribution in [0.25, 0.3) is 0 Å². The van der Waals surface area contributed by atoms with Gasteiger partial charge in [-0.2, -0.15) is 0 Å². The van der Waals surface area contributed by atoms with E-state index in [1.807, 2.05) is 25.5 Å². The zero-order chi connectivity index (χ0) is 17.5. The molecule has 1 aromatic carbocycles. The predicted molar refractivity (Wildman–Crippen MR) is 103 cm³/mol. The van der Waals surface area contributed by atoms with Crippen molar-refractivity contribution in [2.75, 3.05) is 26.7 Å². The highest BCUT2D eigenvalue weighted by atomic mass is 32.1. The molecule has 0 amide bonds. The van der Waals surface area contributed by atoms with Gasteiger partial charge >= 0.3 is 0 Å². The Morgan fingerprint density at radius 2 is 2.24 bits per heavy atom. The van der Waals surface area contributed by atoms with Crippen LogP contribution in [-0.2, 0) is 17.9 Å². The molecule has 0 spiro atoms. The molecule has 0 bridgehead atoms. The van der Waals surface area contributed by atoms with Crippen molar-refractivity contribution in [3.63, 3.8) is 0 Å². The Morgan fingerprint density at radius 1 is 1.40 bits per heavy atom. The molecular weight excluding hydrogens is 332 g/mol. The van der Waals surface area contributed by atoms with E-state index in [-0.39, 0.29) is 0 Å². The molecule has 1 aromatic heterocycles. The van der Waals surface area contributed by atoms with Gasteiger partial charge in [0, 0.05) is 30.9 Å². The van der Waals surface area contributed by atoms with Crippen LogP contribution < -0.4 is 5.32 Å². The Bertz CT molecular complexity index is 686. The largest absolute Gasteiger partial charge is 0.376 e. The van der Waals surface area contributed by atoms with Gasteiger partial charge in [0.25, 0.3) is 0 Å². The summed E-state index contributed by atoms with van der Waals surface area (Å²) in [5, 5.41) is 3.46. The zero-order valence-corrected chi connectivity index (χ0v) is 15.8. The third-order valence-electron chi connectivity index (χ3n) is 4.51. The first-order valence-corrected chi connectivity index (χ1v) is 9.60. The normalized spacial score (nSPS) is 17.9. The number of thiazole rings is 1. The summed E-state index contributed by atoms with van der Waals surface area (Å²) in [6.45, 7) is 6.35. The summed E-state index contributed by atoms with van der Waals surface area (Å²) in [7, 11) is 1.85. The number of guanidine groups is 1. The summed E-state index contributed by atoms with van der Waals surface area (Å²) >= 11 is 1.69. The fourth-order valence-corrected chi connectivity index (χ4v) is 3.78. The number of nitrogens with one attached hydrogen (secondary N) is 1. The quantitative estimate of drug-likeness (QED) is 0.637. The molecule has 6 heteroatoms. The lowest BCUT2D eigenvalue weighted by Gasteiger charge is -2.21. The van der Waals surface area contributed by atoms with Crippen LogP contribution in [0.3, 0.4) is 0 Å². The monoisotopic (exact) mass is 358 g/mol. The Labute approximate surface area is 153 Å². The van der Waals surface area contributed by atoms with Crippen LogP contribution in [0.2, 0.25) is 0 Å². The van der Waals surface area contributed by atoms with Gasteiger partial charge in [-0.05, 0) is 18.9 Å². The lowest BCUT2D eigenvalue weighted by molar-refractivity contribution is 0.0906. The second kappa shape index (κ2) is 8.97. The Balaban J connectivity index is 1.42. The number of hydrogen-bond donors (Lipinski definition) is 1. The van der Waals surface area contributed by atoms with Crippen LogP contribution in [0.15, 0.2) is 40.8 Å². The van der Waals surface area contributed by atoms with Crippen LogP contribution >= 0.6 is 11.3 Å².